The lowest BCUT2D eigenvalue weighted by Crippen LogP contribution is -2.31. The van der Waals surface area contributed by atoms with Gasteiger partial charge in [-0.1, -0.05) is 30.3 Å². The number of carbonyl (C=O) groups excluding carboxylic acids is 1. The van der Waals surface area contributed by atoms with Gasteiger partial charge in [0.15, 0.2) is 0 Å². The van der Waals surface area contributed by atoms with Crippen LogP contribution in [0.2, 0.25) is 0 Å². The van der Waals surface area contributed by atoms with E-state index in [0.717, 1.165) is 29.8 Å². The number of para-hydroxylation sites is 1. The van der Waals surface area contributed by atoms with Crippen LogP contribution in [0.5, 0.6) is 5.75 Å². The van der Waals surface area contributed by atoms with Gasteiger partial charge < -0.3 is 10.1 Å². The second-order valence-corrected chi connectivity index (χ2v) is 5.10. The lowest BCUT2D eigenvalue weighted by molar-refractivity contribution is -0.120. The molecule has 1 amide bonds. The summed E-state index contributed by atoms with van der Waals surface area (Å²) in [5.74, 6) is 0.919. The molecule has 20 heavy (non-hydrogen) atoms. The van der Waals surface area contributed by atoms with E-state index in [9.17, 15) is 4.79 Å². The van der Waals surface area contributed by atoms with Gasteiger partial charge in [0.2, 0.25) is 5.91 Å². The molecule has 2 aromatic carbocycles. The fraction of sp³-hybridized carbons (Fsp3) is 0.235. The molecule has 3 nitrogen and oxygen atoms in total. The van der Waals surface area contributed by atoms with Gasteiger partial charge in [0.05, 0.1) is 7.11 Å². The number of hydrogen-bond donors (Lipinski definition) is 1. The highest BCUT2D eigenvalue weighted by molar-refractivity contribution is 5.95. The Bertz CT molecular complexity index is 636. The summed E-state index contributed by atoms with van der Waals surface area (Å²) < 4.78 is 5.23. The second-order valence-electron chi connectivity index (χ2n) is 5.10. The molecule has 0 radical (unpaired) electrons. The van der Waals surface area contributed by atoms with Gasteiger partial charge >= 0.3 is 0 Å². The predicted molar refractivity (Wildman–Crippen MR) is 79.0 cm³/mol. The maximum atomic E-state index is 12.2. The Morgan fingerprint density at radius 2 is 2.05 bits per heavy atom. The third-order valence-electron chi connectivity index (χ3n) is 3.73. The standard InChI is InChI=1S/C17H17NO2/c1-20-15-7-4-5-12(10-15)9-14-11-13-6-2-3-8-16(13)18-17(14)19/h2-8,10,14H,9,11H2,1H3,(H,18,19). The maximum absolute atomic E-state index is 12.2. The van der Waals surface area contributed by atoms with Gasteiger partial charge in [0.25, 0.3) is 0 Å². The predicted octanol–water partition coefficient (Wildman–Crippen LogP) is 3.05. The Balaban J connectivity index is 1.79. The van der Waals surface area contributed by atoms with Gasteiger partial charge in [-0.3, -0.25) is 4.79 Å². The molecule has 0 saturated carbocycles. The van der Waals surface area contributed by atoms with Crippen molar-refractivity contribution < 1.29 is 9.53 Å². The first kappa shape index (κ1) is 12.7. The molecular formula is C17H17NO2. The van der Waals surface area contributed by atoms with Gasteiger partial charge in [0, 0.05) is 11.6 Å². The van der Waals surface area contributed by atoms with E-state index in [0.29, 0.717) is 0 Å². The number of rotatable bonds is 3. The summed E-state index contributed by atoms with van der Waals surface area (Å²) in [6, 6.07) is 15.9. The van der Waals surface area contributed by atoms with E-state index >= 15 is 0 Å². The monoisotopic (exact) mass is 267 g/mol. The highest BCUT2D eigenvalue weighted by atomic mass is 16.5. The van der Waals surface area contributed by atoms with Crippen molar-refractivity contribution in [2.75, 3.05) is 12.4 Å². The molecule has 3 rings (SSSR count). The molecule has 1 unspecified atom stereocenters. The molecular weight excluding hydrogens is 250 g/mol. The van der Waals surface area contributed by atoms with E-state index in [1.54, 1.807) is 7.11 Å². The first-order chi connectivity index (χ1) is 9.76. The summed E-state index contributed by atoms with van der Waals surface area (Å²) in [5.41, 5.74) is 3.28. The molecule has 0 aromatic heterocycles. The van der Waals surface area contributed by atoms with Crippen LogP contribution in [0.4, 0.5) is 5.69 Å². The van der Waals surface area contributed by atoms with Crippen molar-refractivity contribution >= 4 is 11.6 Å². The van der Waals surface area contributed by atoms with Crippen LogP contribution in [0, 0.1) is 5.92 Å². The molecule has 1 N–H and O–H groups in total. The van der Waals surface area contributed by atoms with E-state index in [1.165, 1.54) is 5.56 Å². The summed E-state index contributed by atoms with van der Waals surface area (Å²) in [7, 11) is 1.66. The molecule has 0 saturated heterocycles. The Kier molecular flexibility index (Phi) is 3.42. The van der Waals surface area contributed by atoms with E-state index in [-0.39, 0.29) is 11.8 Å². The second kappa shape index (κ2) is 5.37. The summed E-state index contributed by atoms with van der Waals surface area (Å²) >= 11 is 0. The average Bonchev–Trinajstić information content (AvgIpc) is 2.48. The van der Waals surface area contributed by atoms with Gasteiger partial charge in [-0.25, -0.2) is 0 Å². The smallest absolute Gasteiger partial charge is 0.228 e. The van der Waals surface area contributed by atoms with E-state index in [4.69, 9.17) is 4.74 Å². The summed E-state index contributed by atoms with van der Waals surface area (Å²) in [6.45, 7) is 0. The zero-order valence-electron chi connectivity index (χ0n) is 11.4. The lowest BCUT2D eigenvalue weighted by atomic mass is 9.88. The van der Waals surface area contributed by atoms with Crippen LogP contribution in [0.3, 0.4) is 0 Å². The Labute approximate surface area is 118 Å². The number of nitrogens with one attached hydrogen (secondary N) is 1. The molecule has 0 fully saturated rings. The zero-order chi connectivity index (χ0) is 13.9. The van der Waals surface area contributed by atoms with E-state index in [1.807, 2.05) is 42.5 Å². The number of anilines is 1. The molecule has 3 heteroatoms. The minimum Gasteiger partial charge on any atom is -0.497 e. The molecule has 0 aliphatic carbocycles. The van der Waals surface area contributed by atoms with Crippen LogP contribution >= 0.6 is 0 Å². The van der Waals surface area contributed by atoms with E-state index < -0.39 is 0 Å². The fourth-order valence-corrected chi connectivity index (χ4v) is 2.66. The van der Waals surface area contributed by atoms with Crippen LogP contribution in [0.25, 0.3) is 0 Å². The molecule has 0 bridgehead atoms. The SMILES string of the molecule is COc1cccc(CC2Cc3ccccc3NC2=O)c1. The van der Waals surface area contributed by atoms with Gasteiger partial charge in [0.1, 0.15) is 5.75 Å². The Morgan fingerprint density at radius 1 is 1.20 bits per heavy atom. The van der Waals surface area contributed by atoms with Gasteiger partial charge in [-0.2, -0.15) is 0 Å². The summed E-state index contributed by atoms with van der Waals surface area (Å²) in [4.78, 5) is 12.2. The van der Waals surface area contributed by atoms with Gasteiger partial charge in [-0.05, 0) is 42.2 Å². The first-order valence-corrected chi connectivity index (χ1v) is 6.78. The number of ether oxygens (including phenoxy) is 1. The number of hydrogen-bond acceptors (Lipinski definition) is 2. The first-order valence-electron chi connectivity index (χ1n) is 6.78. The van der Waals surface area contributed by atoms with Crippen molar-refractivity contribution in [2.24, 2.45) is 5.92 Å². The lowest BCUT2D eigenvalue weighted by Gasteiger charge is -2.24. The normalized spacial score (nSPS) is 17.2. The zero-order valence-corrected chi connectivity index (χ0v) is 11.4. The maximum Gasteiger partial charge on any atom is 0.228 e. The van der Waals surface area contributed by atoms with Crippen molar-refractivity contribution in [3.63, 3.8) is 0 Å². The molecule has 0 spiro atoms. The van der Waals surface area contributed by atoms with Crippen LogP contribution in [-0.4, -0.2) is 13.0 Å². The molecule has 102 valence electrons. The number of benzene rings is 2. The van der Waals surface area contributed by atoms with Crippen LogP contribution in [0.1, 0.15) is 11.1 Å². The van der Waals surface area contributed by atoms with Crippen LogP contribution in [0.15, 0.2) is 48.5 Å². The molecule has 2 aromatic rings. The minimum absolute atomic E-state index is 0.0167. The van der Waals surface area contributed by atoms with E-state index in [2.05, 4.69) is 11.4 Å². The molecule has 1 aliphatic heterocycles. The van der Waals surface area contributed by atoms with Crippen molar-refractivity contribution in [3.8, 4) is 5.75 Å². The number of carbonyl (C=O) groups is 1. The molecule has 1 heterocycles. The number of methoxy groups -OCH3 is 1. The van der Waals surface area contributed by atoms with Gasteiger partial charge in [-0.15, -0.1) is 0 Å². The quantitative estimate of drug-likeness (QED) is 0.928. The number of fused-ring (bicyclic) bond motifs is 1. The minimum atomic E-state index is -0.0167. The van der Waals surface area contributed by atoms with Crippen LogP contribution in [-0.2, 0) is 17.6 Å². The van der Waals surface area contributed by atoms with Crippen molar-refractivity contribution in [2.45, 2.75) is 12.8 Å². The Morgan fingerprint density at radius 3 is 2.90 bits per heavy atom. The topological polar surface area (TPSA) is 38.3 Å². The third kappa shape index (κ3) is 2.52. The highest BCUT2D eigenvalue weighted by Gasteiger charge is 2.25. The summed E-state index contributed by atoms with van der Waals surface area (Å²) in [6.07, 6.45) is 1.52. The highest BCUT2D eigenvalue weighted by Crippen LogP contribution is 2.27. The van der Waals surface area contributed by atoms with Crippen LogP contribution < -0.4 is 10.1 Å². The molecule has 1 atom stereocenters. The van der Waals surface area contributed by atoms with Crippen molar-refractivity contribution in [1.82, 2.24) is 0 Å². The Hall–Kier alpha value is -2.29. The third-order valence-corrected chi connectivity index (χ3v) is 3.73. The fourth-order valence-electron chi connectivity index (χ4n) is 2.66. The van der Waals surface area contributed by atoms with Crippen molar-refractivity contribution in [1.29, 1.82) is 0 Å². The summed E-state index contributed by atoms with van der Waals surface area (Å²) in [5, 5.41) is 2.99. The van der Waals surface area contributed by atoms with Crippen molar-refractivity contribution in [3.05, 3.63) is 59.7 Å². The average molecular weight is 267 g/mol. The molecule has 1 aliphatic rings. The number of amides is 1. The largest absolute Gasteiger partial charge is 0.497 e.